The lowest BCUT2D eigenvalue weighted by Crippen LogP contribution is -2.63. The fourth-order valence-electron chi connectivity index (χ4n) is 13.8. The number of carbonyl (C=O) groups excluding carboxylic acids is 1. The second kappa shape index (κ2) is 19.5. The predicted octanol–water partition coefficient (Wildman–Crippen LogP) is -0.0766. The van der Waals surface area contributed by atoms with E-state index in [4.69, 9.17) is 42.6 Å². The van der Waals surface area contributed by atoms with Crippen LogP contribution < -0.4 is 0 Å². The lowest BCUT2D eigenvalue weighted by molar-refractivity contribution is -0.363. The monoisotopic (exact) mass is 942 g/mol. The summed E-state index contributed by atoms with van der Waals surface area (Å²) in [5, 5.41) is 95.1. The van der Waals surface area contributed by atoms with E-state index in [1.807, 2.05) is 0 Å². The molecule has 3 saturated carbocycles. The van der Waals surface area contributed by atoms with Gasteiger partial charge in [-0.15, -0.1) is 0 Å². The Labute approximate surface area is 385 Å². The van der Waals surface area contributed by atoms with Gasteiger partial charge in [0.2, 0.25) is 0 Å². The van der Waals surface area contributed by atoms with Gasteiger partial charge in [-0.2, -0.15) is 0 Å². The first-order chi connectivity index (χ1) is 31.2. The van der Waals surface area contributed by atoms with E-state index < -0.39 is 122 Å². The minimum atomic E-state index is -1.68. The van der Waals surface area contributed by atoms with Crippen LogP contribution in [0.25, 0.3) is 0 Å². The Hall–Kier alpha value is -1.73. The number of allylic oxidation sites excluding steroid dienone is 1. The topological polar surface area (TPSA) is 282 Å². The molecule has 0 aromatic heterocycles. The molecule has 4 saturated heterocycles. The molecular formula is C47H74O19. The molecule has 1 unspecified atom stereocenters. The SMILES string of the molecule is C=C(CCC1(OC)O[C@H]2C[C@H]3[C@@H]4CC=C5C[C@@H](O)C[C@@H](O[C@@H]6OC[C@H](OC(C)=O)[C@H](O)[C@H]6O[C@@H]6O[C@@H](C)[C@H](O)[C@@H](O)[C@H]6O)[C@]5(C)[C@H]4CC[C@]3(C)[C@H]2[C@@H]1C)CO[C@@H]1O[C@H](CO)[C@@H](O)[C@H](O)[C@H]1O. The molecule has 0 spiro atoms. The number of aliphatic hydroxyl groups excluding tert-OH is 9. The van der Waals surface area contributed by atoms with E-state index in [0.717, 1.165) is 31.3 Å². The number of methoxy groups -OCH3 is 1. The molecule has 4 aliphatic carbocycles. The maximum Gasteiger partial charge on any atom is 0.303 e. The smallest absolute Gasteiger partial charge is 0.303 e. The second-order valence-corrected chi connectivity index (χ2v) is 21.0. The van der Waals surface area contributed by atoms with Crippen molar-refractivity contribution < 1.29 is 93.4 Å². The maximum absolute atomic E-state index is 12.0. The Morgan fingerprint density at radius 3 is 2.29 bits per heavy atom. The Morgan fingerprint density at radius 1 is 0.879 bits per heavy atom. The van der Waals surface area contributed by atoms with Gasteiger partial charge < -0.3 is 88.6 Å². The van der Waals surface area contributed by atoms with Gasteiger partial charge in [0.1, 0.15) is 54.9 Å². The van der Waals surface area contributed by atoms with Gasteiger partial charge in [-0.3, -0.25) is 4.79 Å². The molecule has 19 heteroatoms. The highest BCUT2D eigenvalue weighted by Crippen LogP contribution is 2.70. The number of ether oxygens (including phenoxy) is 9. The zero-order valence-electron chi connectivity index (χ0n) is 38.9. The van der Waals surface area contributed by atoms with Crippen LogP contribution in [0.4, 0.5) is 0 Å². The molecule has 0 bridgehead atoms. The molecule has 0 radical (unpaired) electrons. The summed E-state index contributed by atoms with van der Waals surface area (Å²) in [5.41, 5.74) is 1.16. The lowest BCUT2D eigenvalue weighted by atomic mass is 9.46. The summed E-state index contributed by atoms with van der Waals surface area (Å²) in [6.45, 7) is 13.0. The van der Waals surface area contributed by atoms with Crippen molar-refractivity contribution in [3.05, 3.63) is 23.8 Å². The van der Waals surface area contributed by atoms with Crippen LogP contribution in [0.15, 0.2) is 23.8 Å². The minimum absolute atomic E-state index is 0.00496. The molecular weight excluding hydrogens is 868 g/mol. The first-order valence-corrected chi connectivity index (χ1v) is 23.9. The van der Waals surface area contributed by atoms with Gasteiger partial charge in [0.25, 0.3) is 0 Å². The van der Waals surface area contributed by atoms with E-state index in [-0.39, 0.29) is 54.8 Å². The molecule has 9 N–H and O–H groups in total. The Morgan fingerprint density at radius 2 is 1.59 bits per heavy atom. The summed E-state index contributed by atoms with van der Waals surface area (Å²) >= 11 is 0. The lowest BCUT2D eigenvalue weighted by Gasteiger charge is -2.60. The van der Waals surface area contributed by atoms with E-state index in [2.05, 4.69) is 33.4 Å². The van der Waals surface area contributed by atoms with Gasteiger partial charge in [0, 0.05) is 38.2 Å². The number of fused-ring (bicyclic) bond motifs is 7. The molecule has 19 nitrogen and oxygen atoms in total. The third-order valence-electron chi connectivity index (χ3n) is 17.4. The van der Waals surface area contributed by atoms with Crippen LogP contribution in [0.1, 0.15) is 86.0 Å². The third-order valence-corrected chi connectivity index (χ3v) is 17.4. The number of esters is 1. The molecule has 4 aliphatic heterocycles. The highest BCUT2D eigenvalue weighted by Gasteiger charge is 2.69. The summed E-state index contributed by atoms with van der Waals surface area (Å²) in [6.07, 6.45) is -13.1. The summed E-state index contributed by atoms with van der Waals surface area (Å²) in [7, 11) is 1.67. The van der Waals surface area contributed by atoms with Crippen molar-refractivity contribution in [1.29, 1.82) is 0 Å². The zero-order chi connectivity index (χ0) is 47.8. The molecule has 376 valence electrons. The number of rotatable bonds is 13. The summed E-state index contributed by atoms with van der Waals surface area (Å²) in [4.78, 5) is 12.0. The van der Waals surface area contributed by atoms with Crippen molar-refractivity contribution in [3.63, 3.8) is 0 Å². The zero-order valence-corrected chi connectivity index (χ0v) is 38.9. The van der Waals surface area contributed by atoms with E-state index >= 15 is 0 Å². The first kappa shape index (κ1) is 50.7. The van der Waals surface area contributed by atoms with E-state index in [1.165, 1.54) is 13.8 Å². The molecule has 66 heavy (non-hydrogen) atoms. The van der Waals surface area contributed by atoms with Crippen LogP contribution in [0.3, 0.4) is 0 Å². The van der Waals surface area contributed by atoms with Crippen LogP contribution in [-0.2, 0) is 47.4 Å². The van der Waals surface area contributed by atoms with Gasteiger partial charge >= 0.3 is 5.97 Å². The normalized spacial score (nSPS) is 52.4. The predicted molar refractivity (Wildman–Crippen MR) is 227 cm³/mol. The highest BCUT2D eigenvalue weighted by molar-refractivity contribution is 5.66. The fraction of sp³-hybridized carbons (Fsp3) is 0.894. The summed E-state index contributed by atoms with van der Waals surface area (Å²) < 4.78 is 54.9. The van der Waals surface area contributed by atoms with Gasteiger partial charge in [0.15, 0.2) is 30.8 Å². The molecule has 4 heterocycles. The molecule has 0 aromatic carbocycles. The van der Waals surface area contributed by atoms with Gasteiger partial charge in [0.05, 0.1) is 44.2 Å². The van der Waals surface area contributed by atoms with Crippen LogP contribution in [0.5, 0.6) is 0 Å². The van der Waals surface area contributed by atoms with Crippen molar-refractivity contribution in [2.75, 3.05) is 26.9 Å². The molecule has 25 atom stereocenters. The molecule has 8 rings (SSSR count). The highest BCUT2D eigenvalue weighted by atomic mass is 16.8. The molecule has 7 fully saturated rings. The Balaban J connectivity index is 0.961. The van der Waals surface area contributed by atoms with Crippen molar-refractivity contribution in [3.8, 4) is 0 Å². The van der Waals surface area contributed by atoms with Crippen molar-refractivity contribution in [1.82, 2.24) is 0 Å². The van der Waals surface area contributed by atoms with Crippen molar-refractivity contribution >= 4 is 5.97 Å². The molecule has 0 amide bonds. The Bertz CT molecular complexity index is 1770. The Kier molecular flexibility index (Phi) is 14.9. The largest absolute Gasteiger partial charge is 0.457 e. The van der Waals surface area contributed by atoms with Crippen LogP contribution >= 0.6 is 0 Å². The van der Waals surface area contributed by atoms with E-state index in [1.54, 1.807) is 7.11 Å². The van der Waals surface area contributed by atoms with Crippen molar-refractivity contribution in [2.45, 2.75) is 196 Å². The van der Waals surface area contributed by atoms with E-state index in [9.17, 15) is 50.8 Å². The van der Waals surface area contributed by atoms with Gasteiger partial charge in [-0.1, -0.05) is 44.6 Å². The molecule has 8 aliphatic rings. The maximum atomic E-state index is 12.0. The minimum Gasteiger partial charge on any atom is -0.457 e. The summed E-state index contributed by atoms with van der Waals surface area (Å²) in [6, 6.07) is 0. The number of aliphatic hydroxyl groups is 9. The van der Waals surface area contributed by atoms with Gasteiger partial charge in [-0.05, 0) is 74.5 Å². The third kappa shape index (κ3) is 8.77. The van der Waals surface area contributed by atoms with E-state index in [0.29, 0.717) is 30.8 Å². The number of hydrogen-bond acceptors (Lipinski definition) is 19. The van der Waals surface area contributed by atoms with Crippen LogP contribution in [0, 0.1) is 40.4 Å². The quantitative estimate of drug-likeness (QED) is 0.0863. The number of carbonyl (C=O) groups is 1. The summed E-state index contributed by atoms with van der Waals surface area (Å²) in [5.74, 6) is -0.604. The molecule has 0 aromatic rings. The standard InChI is InChI=1S/C47H74O19/c1-20(18-59-42-39(56)38(55)35(52)30(17-48)63-42)10-13-47(58-7)21(2)33-29(66-47)16-28-26-9-8-24-14-25(50)15-32(46(24,6)27(26)11-12-45(28,33)5)64-44-41(36(53)31(19-60-44)62-23(4)49)65-43-40(57)37(54)34(51)22(3)61-43/h8,21-22,25-44,48,50-57H,1,9-19H2,2-7H3/t21-,22-,25+,26+,27-,28-,29-,30+,31-,32+,33-,34-,35+,36-,37+,38-,39+,40+,41+,42+,43-,44-,45-,46-,47?/m0/s1. The van der Waals surface area contributed by atoms with Crippen molar-refractivity contribution in [2.24, 2.45) is 40.4 Å². The fourth-order valence-corrected chi connectivity index (χ4v) is 13.8. The van der Waals surface area contributed by atoms with Gasteiger partial charge in [-0.25, -0.2) is 0 Å². The van der Waals surface area contributed by atoms with Crippen LogP contribution in [-0.4, -0.2) is 189 Å². The van der Waals surface area contributed by atoms with Crippen LogP contribution in [0.2, 0.25) is 0 Å². The average molecular weight is 943 g/mol. The first-order valence-electron chi connectivity index (χ1n) is 23.9. The average Bonchev–Trinajstić information content (AvgIpc) is 3.74. The number of hydrogen-bond donors (Lipinski definition) is 9. The second-order valence-electron chi connectivity index (χ2n) is 21.0.